The highest BCUT2D eigenvalue weighted by Crippen LogP contribution is 2.12. The van der Waals surface area contributed by atoms with Crippen LogP contribution in [0.4, 0.5) is 5.69 Å². The average molecular weight is 319 g/mol. The monoisotopic (exact) mass is 319 g/mol. The number of anilines is 1. The van der Waals surface area contributed by atoms with E-state index in [1.54, 1.807) is 36.7 Å². The summed E-state index contributed by atoms with van der Waals surface area (Å²) in [5.74, 6) is -0.111. The fourth-order valence-corrected chi connectivity index (χ4v) is 2.60. The van der Waals surface area contributed by atoms with Crippen molar-refractivity contribution >= 4 is 21.6 Å². The zero-order chi connectivity index (χ0) is 16.0. The molecule has 1 aromatic heterocycles. The molecule has 0 saturated heterocycles. The van der Waals surface area contributed by atoms with Crippen molar-refractivity contribution in [2.75, 3.05) is 12.4 Å². The number of hydrogen-bond acceptors (Lipinski definition) is 4. The Morgan fingerprint density at radius 3 is 2.50 bits per heavy atom. The number of pyridine rings is 1. The topological polar surface area (TPSA) is 88.2 Å². The molecule has 0 unspecified atom stereocenters. The van der Waals surface area contributed by atoms with Crippen LogP contribution in [0.5, 0.6) is 0 Å². The van der Waals surface area contributed by atoms with Crippen LogP contribution in [0.2, 0.25) is 0 Å². The van der Waals surface area contributed by atoms with E-state index >= 15 is 0 Å². The standard InChI is InChI=1S/C15H17N3O3S/c1-16-22(20,21)14-7-4-12(5-8-14)6-9-15(19)18-13-3-2-10-17-11-13/h2-5,7-8,10-11,16H,6,9H2,1H3,(H,18,19). The van der Waals surface area contributed by atoms with E-state index in [9.17, 15) is 13.2 Å². The molecule has 0 atom stereocenters. The average Bonchev–Trinajstić information content (AvgIpc) is 2.54. The van der Waals surface area contributed by atoms with Gasteiger partial charge in [-0.3, -0.25) is 9.78 Å². The lowest BCUT2D eigenvalue weighted by molar-refractivity contribution is -0.116. The third-order valence-electron chi connectivity index (χ3n) is 3.09. The van der Waals surface area contributed by atoms with Crippen molar-refractivity contribution in [2.45, 2.75) is 17.7 Å². The first-order valence-electron chi connectivity index (χ1n) is 6.73. The third-order valence-corrected chi connectivity index (χ3v) is 4.52. The molecule has 0 bridgehead atoms. The van der Waals surface area contributed by atoms with E-state index in [1.165, 1.54) is 19.2 Å². The molecule has 0 aliphatic carbocycles. The van der Waals surface area contributed by atoms with E-state index in [4.69, 9.17) is 0 Å². The number of nitrogens with zero attached hydrogens (tertiary/aromatic N) is 1. The Hall–Kier alpha value is -2.25. The summed E-state index contributed by atoms with van der Waals surface area (Å²) >= 11 is 0. The Kier molecular flexibility index (Phi) is 5.24. The Balaban J connectivity index is 1.91. The fraction of sp³-hybridized carbons (Fsp3) is 0.200. The summed E-state index contributed by atoms with van der Waals surface area (Å²) in [5.41, 5.74) is 1.55. The number of carbonyl (C=O) groups is 1. The predicted octanol–water partition coefficient (Wildman–Crippen LogP) is 1.56. The van der Waals surface area contributed by atoms with Crippen LogP contribution in [-0.4, -0.2) is 26.4 Å². The number of sulfonamides is 1. The third kappa shape index (κ3) is 4.37. The first-order valence-corrected chi connectivity index (χ1v) is 8.22. The van der Waals surface area contributed by atoms with Gasteiger partial charge in [-0.15, -0.1) is 0 Å². The number of carbonyl (C=O) groups excluding carboxylic acids is 1. The second kappa shape index (κ2) is 7.15. The van der Waals surface area contributed by atoms with Crippen molar-refractivity contribution in [3.63, 3.8) is 0 Å². The van der Waals surface area contributed by atoms with Gasteiger partial charge in [-0.05, 0) is 43.3 Å². The molecule has 2 N–H and O–H groups in total. The highest BCUT2D eigenvalue weighted by atomic mass is 32.2. The van der Waals surface area contributed by atoms with Crippen molar-refractivity contribution in [1.82, 2.24) is 9.71 Å². The Labute approximate surface area is 129 Å². The van der Waals surface area contributed by atoms with Gasteiger partial charge in [0.1, 0.15) is 0 Å². The molecule has 2 aromatic rings. The fourth-order valence-electron chi connectivity index (χ4n) is 1.87. The van der Waals surface area contributed by atoms with E-state index in [-0.39, 0.29) is 10.8 Å². The van der Waals surface area contributed by atoms with Gasteiger partial charge in [-0.1, -0.05) is 12.1 Å². The van der Waals surface area contributed by atoms with Crippen molar-refractivity contribution < 1.29 is 13.2 Å². The molecule has 22 heavy (non-hydrogen) atoms. The van der Waals surface area contributed by atoms with Gasteiger partial charge in [0.25, 0.3) is 0 Å². The van der Waals surface area contributed by atoms with Crippen molar-refractivity contribution in [3.8, 4) is 0 Å². The van der Waals surface area contributed by atoms with Crippen LogP contribution in [0.1, 0.15) is 12.0 Å². The normalized spacial score (nSPS) is 11.1. The molecular formula is C15H17N3O3S. The summed E-state index contributed by atoms with van der Waals surface area (Å²) in [7, 11) is -2.06. The Bertz CT molecular complexity index is 728. The van der Waals surface area contributed by atoms with Crippen LogP contribution in [0.25, 0.3) is 0 Å². The molecule has 1 amide bonds. The van der Waals surface area contributed by atoms with Crippen LogP contribution >= 0.6 is 0 Å². The minimum atomic E-state index is -3.42. The maximum absolute atomic E-state index is 11.8. The smallest absolute Gasteiger partial charge is 0.240 e. The van der Waals surface area contributed by atoms with E-state index in [1.807, 2.05) is 0 Å². The van der Waals surface area contributed by atoms with Gasteiger partial charge in [0.05, 0.1) is 16.8 Å². The van der Waals surface area contributed by atoms with Gasteiger partial charge in [-0.25, -0.2) is 13.1 Å². The summed E-state index contributed by atoms with van der Waals surface area (Å²) in [6, 6.07) is 9.99. The molecule has 0 aliphatic heterocycles. The molecule has 0 fully saturated rings. The predicted molar refractivity (Wildman–Crippen MR) is 83.9 cm³/mol. The molecule has 0 spiro atoms. The largest absolute Gasteiger partial charge is 0.325 e. The van der Waals surface area contributed by atoms with Crippen molar-refractivity contribution in [1.29, 1.82) is 0 Å². The van der Waals surface area contributed by atoms with Gasteiger partial charge < -0.3 is 5.32 Å². The highest BCUT2D eigenvalue weighted by molar-refractivity contribution is 7.89. The molecule has 116 valence electrons. The highest BCUT2D eigenvalue weighted by Gasteiger charge is 2.10. The molecule has 7 heteroatoms. The van der Waals surface area contributed by atoms with Crippen LogP contribution in [0, 0.1) is 0 Å². The molecule has 0 radical (unpaired) electrons. The quantitative estimate of drug-likeness (QED) is 0.846. The second-order valence-corrected chi connectivity index (χ2v) is 6.53. The number of hydrogen-bond donors (Lipinski definition) is 2. The Morgan fingerprint density at radius 1 is 1.18 bits per heavy atom. The molecule has 1 heterocycles. The van der Waals surface area contributed by atoms with Gasteiger partial charge in [-0.2, -0.15) is 0 Å². The SMILES string of the molecule is CNS(=O)(=O)c1ccc(CCC(=O)Nc2cccnc2)cc1. The second-order valence-electron chi connectivity index (χ2n) is 4.64. The first-order chi connectivity index (χ1) is 10.5. The lowest BCUT2D eigenvalue weighted by atomic mass is 10.1. The summed E-state index contributed by atoms with van der Waals surface area (Å²) < 4.78 is 25.5. The maximum atomic E-state index is 11.8. The zero-order valence-electron chi connectivity index (χ0n) is 12.1. The first kappa shape index (κ1) is 16.1. The summed E-state index contributed by atoms with van der Waals surface area (Å²) in [6.07, 6.45) is 4.06. The Morgan fingerprint density at radius 2 is 1.91 bits per heavy atom. The van der Waals surface area contributed by atoms with E-state index < -0.39 is 10.0 Å². The van der Waals surface area contributed by atoms with Crippen molar-refractivity contribution in [2.24, 2.45) is 0 Å². The minimum Gasteiger partial charge on any atom is -0.325 e. The number of rotatable bonds is 6. The summed E-state index contributed by atoms with van der Waals surface area (Å²) in [4.78, 5) is 15.9. The summed E-state index contributed by atoms with van der Waals surface area (Å²) in [6.45, 7) is 0. The maximum Gasteiger partial charge on any atom is 0.240 e. The lowest BCUT2D eigenvalue weighted by Crippen LogP contribution is -2.18. The lowest BCUT2D eigenvalue weighted by Gasteiger charge is -2.06. The molecule has 1 aromatic carbocycles. The van der Waals surface area contributed by atoms with Crippen LogP contribution in [0.15, 0.2) is 53.7 Å². The van der Waals surface area contributed by atoms with Crippen molar-refractivity contribution in [3.05, 3.63) is 54.4 Å². The summed E-state index contributed by atoms with van der Waals surface area (Å²) in [5, 5.41) is 2.75. The number of aryl methyl sites for hydroxylation is 1. The van der Waals surface area contributed by atoms with Gasteiger partial charge in [0.15, 0.2) is 0 Å². The van der Waals surface area contributed by atoms with E-state index in [0.717, 1.165) is 5.56 Å². The van der Waals surface area contributed by atoms with Crippen LogP contribution < -0.4 is 10.0 Å². The molecule has 0 aliphatic rings. The minimum absolute atomic E-state index is 0.111. The van der Waals surface area contributed by atoms with Gasteiger partial charge in [0.2, 0.25) is 15.9 Å². The number of amides is 1. The van der Waals surface area contributed by atoms with Crippen LogP contribution in [-0.2, 0) is 21.2 Å². The molecular weight excluding hydrogens is 302 g/mol. The number of nitrogens with one attached hydrogen (secondary N) is 2. The van der Waals surface area contributed by atoms with E-state index in [2.05, 4.69) is 15.0 Å². The number of benzene rings is 1. The van der Waals surface area contributed by atoms with Crippen LogP contribution in [0.3, 0.4) is 0 Å². The van der Waals surface area contributed by atoms with Gasteiger partial charge in [0, 0.05) is 12.6 Å². The van der Waals surface area contributed by atoms with Gasteiger partial charge >= 0.3 is 0 Å². The number of aromatic nitrogens is 1. The molecule has 0 saturated carbocycles. The molecule has 6 nitrogen and oxygen atoms in total. The zero-order valence-corrected chi connectivity index (χ0v) is 12.9. The van der Waals surface area contributed by atoms with E-state index in [0.29, 0.717) is 18.5 Å². The molecule has 2 rings (SSSR count).